The molecule has 1 saturated heterocycles. The number of nitrogens with zero attached hydrogens (tertiary/aromatic N) is 8. The van der Waals surface area contributed by atoms with Gasteiger partial charge in [0.2, 0.25) is 11.8 Å². The summed E-state index contributed by atoms with van der Waals surface area (Å²) in [5.74, 6) is -0.226. The minimum atomic E-state index is -4.72. The summed E-state index contributed by atoms with van der Waals surface area (Å²) < 4.78 is 52.5. The zero-order chi connectivity index (χ0) is 24.6. The Kier molecular flexibility index (Phi) is 5.69. The highest BCUT2D eigenvalue weighted by Gasteiger charge is 2.40. The average molecular weight is 485 g/mol. The number of fused-ring (bicyclic) bond motifs is 1. The number of nitriles is 1. The molecule has 2 aliphatic rings. The molecule has 0 bridgehead atoms. The standard InChI is InChI=1S/C21H18F3N9O2/c1-32-11-34-10-16-18(30-19(32)21(22,23)24)17(12-2-3-13(4-25)26-5-12)31-20(29-16)33-8-15(9-33)35-14-6-27-28-7-14/h2-3,5-7,15H,8-11H2,1H3,(H,27,28). The second kappa shape index (κ2) is 8.84. The molecule has 1 N–H and O–H groups in total. The molecular weight excluding hydrogens is 467 g/mol. The molecule has 1 fully saturated rings. The normalized spacial score (nSPS) is 16.5. The number of ether oxygens (including phenoxy) is 2. The summed E-state index contributed by atoms with van der Waals surface area (Å²) in [4.78, 5) is 19.7. The van der Waals surface area contributed by atoms with E-state index >= 15 is 0 Å². The van der Waals surface area contributed by atoms with Crippen LogP contribution in [0.1, 0.15) is 11.4 Å². The lowest BCUT2D eigenvalue weighted by Gasteiger charge is -2.39. The van der Waals surface area contributed by atoms with Crippen LogP contribution in [-0.4, -0.2) is 75.0 Å². The number of alkyl halides is 3. The van der Waals surface area contributed by atoms with E-state index in [1.54, 1.807) is 18.5 Å². The average Bonchev–Trinajstić information content (AvgIpc) is 3.31. The largest absolute Gasteiger partial charge is 0.483 e. The van der Waals surface area contributed by atoms with Gasteiger partial charge in [0.05, 0.1) is 37.8 Å². The lowest BCUT2D eigenvalue weighted by molar-refractivity contribution is -0.0742. The Morgan fingerprint density at radius 2 is 2.06 bits per heavy atom. The van der Waals surface area contributed by atoms with Gasteiger partial charge in [0.15, 0.2) is 5.75 Å². The van der Waals surface area contributed by atoms with E-state index in [4.69, 9.17) is 14.7 Å². The summed E-state index contributed by atoms with van der Waals surface area (Å²) >= 11 is 0. The number of H-pyrrole nitrogens is 1. The fourth-order valence-electron chi connectivity index (χ4n) is 3.63. The maximum atomic E-state index is 13.8. The van der Waals surface area contributed by atoms with Crippen LogP contribution >= 0.6 is 0 Å². The molecule has 11 nitrogen and oxygen atoms in total. The van der Waals surface area contributed by atoms with Gasteiger partial charge in [0, 0.05) is 18.8 Å². The van der Waals surface area contributed by atoms with Crippen LogP contribution in [0, 0.1) is 11.3 Å². The van der Waals surface area contributed by atoms with Gasteiger partial charge in [-0.15, -0.1) is 0 Å². The van der Waals surface area contributed by atoms with Crippen molar-refractivity contribution >= 4 is 17.5 Å². The van der Waals surface area contributed by atoms with Gasteiger partial charge in [-0.3, -0.25) is 5.10 Å². The molecule has 5 heterocycles. The molecule has 0 unspecified atom stereocenters. The van der Waals surface area contributed by atoms with Gasteiger partial charge in [0.25, 0.3) is 0 Å². The predicted molar refractivity (Wildman–Crippen MR) is 116 cm³/mol. The monoisotopic (exact) mass is 485 g/mol. The number of anilines is 1. The first-order chi connectivity index (χ1) is 16.8. The number of aliphatic imine (C=N–C) groups is 1. The van der Waals surface area contributed by atoms with E-state index in [-0.39, 0.29) is 42.2 Å². The molecular formula is C21H18F3N9O2. The molecule has 0 radical (unpaired) electrons. The molecule has 0 amide bonds. The summed E-state index contributed by atoms with van der Waals surface area (Å²) in [6.07, 6.45) is -0.285. The summed E-state index contributed by atoms with van der Waals surface area (Å²) in [5, 5.41) is 15.6. The molecule has 35 heavy (non-hydrogen) atoms. The predicted octanol–water partition coefficient (Wildman–Crippen LogP) is 2.41. The lowest BCUT2D eigenvalue weighted by atomic mass is 10.1. The van der Waals surface area contributed by atoms with Gasteiger partial charge in [-0.1, -0.05) is 0 Å². The van der Waals surface area contributed by atoms with Crippen molar-refractivity contribution in [2.24, 2.45) is 4.99 Å². The molecule has 3 aromatic heterocycles. The van der Waals surface area contributed by atoms with E-state index in [1.165, 1.54) is 19.3 Å². The van der Waals surface area contributed by atoms with Gasteiger partial charge in [-0.05, 0) is 12.1 Å². The van der Waals surface area contributed by atoms with Crippen molar-refractivity contribution in [3.8, 4) is 23.1 Å². The summed E-state index contributed by atoms with van der Waals surface area (Å²) in [6.45, 7) is 0.559. The van der Waals surface area contributed by atoms with E-state index in [1.807, 2.05) is 11.0 Å². The molecule has 0 saturated carbocycles. The second-order valence-electron chi connectivity index (χ2n) is 7.90. The van der Waals surface area contributed by atoms with Gasteiger partial charge >= 0.3 is 6.18 Å². The number of aromatic amines is 1. The van der Waals surface area contributed by atoms with Crippen molar-refractivity contribution in [2.45, 2.75) is 18.9 Å². The molecule has 2 aliphatic heterocycles. The molecule has 14 heteroatoms. The van der Waals surface area contributed by atoms with E-state index in [9.17, 15) is 13.2 Å². The quantitative estimate of drug-likeness (QED) is 0.592. The summed E-state index contributed by atoms with van der Waals surface area (Å²) in [7, 11) is 1.25. The van der Waals surface area contributed by atoms with Crippen LogP contribution in [-0.2, 0) is 11.3 Å². The van der Waals surface area contributed by atoms with Gasteiger partial charge in [-0.25, -0.2) is 19.9 Å². The second-order valence-corrected chi connectivity index (χ2v) is 7.90. The summed E-state index contributed by atoms with van der Waals surface area (Å²) in [5.41, 5.74) is 0.857. The Hall–Kier alpha value is -4.25. The zero-order valence-corrected chi connectivity index (χ0v) is 18.3. The molecule has 180 valence electrons. The minimum absolute atomic E-state index is 0.0640. The van der Waals surface area contributed by atoms with Crippen LogP contribution in [0.15, 0.2) is 35.7 Å². The third-order valence-electron chi connectivity index (χ3n) is 5.36. The molecule has 0 aromatic carbocycles. The Labute approximate surface area is 196 Å². The first kappa shape index (κ1) is 22.5. The molecule has 3 aromatic rings. The fourth-order valence-corrected chi connectivity index (χ4v) is 3.63. The van der Waals surface area contributed by atoms with Crippen LogP contribution in [0.5, 0.6) is 5.75 Å². The summed E-state index contributed by atoms with van der Waals surface area (Å²) in [6, 6.07) is 4.93. The van der Waals surface area contributed by atoms with E-state index in [0.717, 1.165) is 4.90 Å². The Morgan fingerprint density at radius 3 is 2.71 bits per heavy atom. The topological polar surface area (TPSA) is 128 Å². The van der Waals surface area contributed by atoms with E-state index in [0.29, 0.717) is 30.4 Å². The number of hydrogen-bond acceptors (Lipinski definition) is 10. The Balaban J connectivity index is 1.55. The molecule has 0 spiro atoms. The highest BCUT2D eigenvalue weighted by Crippen LogP contribution is 2.37. The molecule has 0 atom stereocenters. The maximum Gasteiger partial charge on any atom is 0.449 e. The van der Waals surface area contributed by atoms with E-state index < -0.39 is 12.0 Å². The highest BCUT2D eigenvalue weighted by molar-refractivity contribution is 5.92. The number of rotatable bonds is 4. The van der Waals surface area contributed by atoms with Crippen LogP contribution in [0.25, 0.3) is 11.3 Å². The minimum Gasteiger partial charge on any atom is -0.483 e. The number of aromatic nitrogens is 5. The number of nitrogens with one attached hydrogen (secondary N) is 1. The molecule has 0 aliphatic carbocycles. The smallest absolute Gasteiger partial charge is 0.449 e. The fraction of sp³-hybridized carbons (Fsp3) is 0.333. The van der Waals surface area contributed by atoms with Crippen molar-refractivity contribution in [1.82, 2.24) is 30.0 Å². The van der Waals surface area contributed by atoms with Crippen molar-refractivity contribution in [1.29, 1.82) is 5.26 Å². The van der Waals surface area contributed by atoms with Crippen LogP contribution in [0.3, 0.4) is 0 Å². The third kappa shape index (κ3) is 4.58. The van der Waals surface area contributed by atoms with Gasteiger partial charge < -0.3 is 19.3 Å². The first-order valence-electron chi connectivity index (χ1n) is 10.4. The maximum absolute atomic E-state index is 13.8. The number of pyridine rings is 1. The first-order valence-corrected chi connectivity index (χ1v) is 10.4. The highest BCUT2D eigenvalue weighted by atomic mass is 19.4. The van der Waals surface area contributed by atoms with Crippen LogP contribution in [0.4, 0.5) is 24.8 Å². The van der Waals surface area contributed by atoms with Crippen molar-refractivity contribution in [3.63, 3.8) is 0 Å². The third-order valence-corrected chi connectivity index (χ3v) is 5.36. The van der Waals surface area contributed by atoms with Crippen molar-refractivity contribution in [3.05, 3.63) is 42.1 Å². The van der Waals surface area contributed by atoms with Crippen LogP contribution in [0.2, 0.25) is 0 Å². The van der Waals surface area contributed by atoms with Crippen molar-refractivity contribution in [2.75, 3.05) is 31.8 Å². The van der Waals surface area contributed by atoms with E-state index in [2.05, 4.69) is 30.1 Å². The number of hydrogen-bond donors (Lipinski definition) is 1. The SMILES string of the molecule is CN1COCc2nc(N3CC(Oc4cn[nH]c4)C3)nc(-c3ccc(C#N)nc3)c2N=C1C(F)(F)F. The Morgan fingerprint density at radius 1 is 1.23 bits per heavy atom. The van der Waals surface area contributed by atoms with Crippen molar-refractivity contribution < 1.29 is 22.6 Å². The zero-order valence-electron chi connectivity index (χ0n) is 18.3. The molecule has 5 rings (SSSR count). The number of amidine groups is 1. The Bertz CT molecular complexity index is 1280. The van der Waals surface area contributed by atoms with Gasteiger partial charge in [-0.2, -0.15) is 23.5 Å². The van der Waals surface area contributed by atoms with Gasteiger partial charge in [0.1, 0.15) is 36.0 Å². The number of halogens is 3. The van der Waals surface area contributed by atoms with Crippen LogP contribution < -0.4 is 9.64 Å². The lowest BCUT2D eigenvalue weighted by Crippen LogP contribution is -2.54.